The van der Waals surface area contributed by atoms with Crippen molar-refractivity contribution in [3.63, 3.8) is 0 Å². The largest absolute Gasteiger partial charge is 0.501 e. The van der Waals surface area contributed by atoms with Crippen LogP contribution in [0, 0.1) is 0 Å². The van der Waals surface area contributed by atoms with Crippen LogP contribution in [-0.2, 0) is 19.0 Å². The lowest BCUT2D eigenvalue weighted by Crippen LogP contribution is -2.33. The van der Waals surface area contributed by atoms with Crippen LogP contribution in [0.2, 0.25) is 0 Å². The van der Waals surface area contributed by atoms with Crippen molar-refractivity contribution >= 4 is 16.8 Å². The number of amides is 1. The Bertz CT molecular complexity index is 1040. The fourth-order valence-electron chi connectivity index (χ4n) is 2.98. The summed E-state index contributed by atoms with van der Waals surface area (Å²) in [5, 5.41) is 13.9. The van der Waals surface area contributed by atoms with E-state index in [-0.39, 0.29) is 12.2 Å². The highest BCUT2D eigenvalue weighted by Crippen LogP contribution is 2.21. The second-order valence-electron chi connectivity index (χ2n) is 7.29. The van der Waals surface area contributed by atoms with Gasteiger partial charge in [0.25, 0.3) is 11.5 Å². The maximum atomic E-state index is 12.6. The van der Waals surface area contributed by atoms with Gasteiger partial charge in [-0.25, -0.2) is 4.98 Å². The molecule has 0 fully saturated rings. The van der Waals surface area contributed by atoms with E-state index < -0.39 is 22.6 Å². The molecule has 0 saturated heterocycles. The van der Waals surface area contributed by atoms with Crippen LogP contribution >= 0.6 is 0 Å². The second-order valence-corrected chi connectivity index (χ2v) is 7.29. The highest BCUT2D eigenvalue weighted by atomic mass is 16.3. The number of carbonyl (C=O) groups is 1. The van der Waals surface area contributed by atoms with Crippen molar-refractivity contribution in [1.82, 2.24) is 19.9 Å². The Hall–Kier alpha value is -3.09. The maximum Gasteiger partial charge on any atom is 0.296 e. The molecule has 0 atom stereocenters. The number of rotatable bonds is 3. The fourth-order valence-corrected chi connectivity index (χ4v) is 2.98. The minimum atomic E-state index is -0.643. The molecule has 2 heterocycles. The molecule has 1 aromatic carbocycles. The number of aromatic hydroxyl groups is 1. The van der Waals surface area contributed by atoms with Gasteiger partial charge in [0.1, 0.15) is 5.82 Å². The van der Waals surface area contributed by atoms with Crippen LogP contribution in [-0.4, -0.2) is 25.5 Å². The molecule has 0 bridgehead atoms. The molecule has 26 heavy (non-hydrogen) atoms. The molecule has 0 unspecified atom stereocenters. The van der Waals surface area contributed by atoms with Crippen LogP contribution < -0.4 is 10.9 Å². The normalized spacial score (nSPS) is 11.7. The van der Waals surface area contributed by atoms with Gasteiger partial charge in [0, 0.05) is 25.2 Å². The van der Waals surface area contributed by atoms with Gasteiger partial charge < -0.3 is 15.4 Å². The van der Waals surface area contributed by atoms with Gasteiger partial charge in [-0.1, -0.05) is 39.0 Å². The molecule has 0 aliphatic carbocycles. The van der Waals surface area contributed by atoms with E-state index in [2.05, 4.69) is 15.3 Å². The predicted octanol–water partition coefficient (Wildman–Crippen LogP) is 2.19. The van der Waals surface area contributed by atoms with Gasteiger partial charge in [0.05, 0.1) is 5.52 Å². The number of aromatic amines is 1. The minimum absolute atomic E-state index is 0.248. The minimum Gasteiger partial charge on any atom is -0.501 e. The molecular formula is C19H22N4O3. The number of benzene rings is 1. The van der Waals surface area contributed by atoms with Crippen LogP contribution in [0.4, 0.5) is 0 Å². The van der Waals surface area contributed by atoms with Crippen LogP contribution in [0.1, 0.15) is 42.6 Å². The highest BCUT2D eigenvalue weighted by Gasteiger charge is 2.26. The Balaban J connectivity index is 1.92. The Morgan fingerprint density at radius 2 is 2.04 bits per heavy atom. The number of nitrogens with one attached hydrogen (secondary N) is 2. The molecule has 136 valence electrons. The molecule has 0 radical (unpaired) electrons. The van der Waals surface area contributed by atoms with E-state index in [9.17, 15) is 14.7 Å². The second kappa shape index (κ2) is 6.33. The van der Waals surface area contributed by atoms with E-state index in [0.717, 1.165) is 16.5 Å². The summed E-state index contributed by atoms with van der Waals surface area (Å²) in [6.07, 6.45) is 1.83. The summed E-state index contributed by atoms with van der Waals surface area (Å²) in [5.74, 6) is -0.803. The van der Waals surface area contributed by atoms with Crippen molar-refractivity contribution in [2.75, 3.05) is 0 Å². The molecule has 3 N–H and O–H groups in total. The van der Waals surface area contributed by atoms with Crippen LogP contribution in [0.15, 0.2) is 35.3 Å². The zero-order valence-corrected chi connectivity index (χ0v) is 15.3. The lowest BCUT2D eigenvalue weighted by atomic mass is 9.95. The first kappa shape index (κ1) is 17.7. The lowest BCUT2D eigenvalue weighted by molar-refractivity contribution is 0.0941. The molecule has 0 saturated carbocycles. The smallest absolute Gasteiger partial charge is 0.296 e. The number of aromatic nitrogens is 3. The summed E-state index contributed by atoms with van der Waals surface area (Å²) in [7, 11) is 1.53. The summed E-state index contributed by atoms with van der Waals surface area (Å²) >= 11 is 0. The lowest BCUT2D eigenvalue weighted by Gasteiger charge is -2.21. The number of para-hydroxylation sites is 1. The summed E-state index contributed by atoms with van der Waals surface area (Å²) in [4.78, 5) is 32.2. The van der Waals surface area contributed by atoms with E-state index >= 15 is 0 Å². The van der Waals surface area contributed by atoms with Crippen molar-refractivity contribution in [3.8, 4) is 5.75 Å². The highest BCUT2D eigenvalue weighted by molar-refractivity contribution is 5.95. The predicted molar refractivity (Wildman–Crippen MR) is 99.3 cm³/mol. The monoisotopic (exact) mass is 354 g/mol. The molecule has 1 amide bonds. The van der Waals surface area contributed by atoms with E-state index in [0.29, 0.717) is 5.82 Å². The van der Waals surface area contributed by atoms with Gasteiger partial charge in [-0.15, -0.1) is 0 Å². The third-order valence-electron chi connectivity index (χ3n) is 4.27. The number of carbonyl (C=O) groups excluding carboxylic acids is 1. The van der Waals surface area contributed by atoms with Gasteiger partial charge >= 0.3 is 0 Å². The first-order valence-corrected chi connectivity index (χ1v) is 8.34. The van der Waals surface area contributed by atoms with Crippen LogP contribution in [0.3, 0.4) is 0 Å². The van der Waals surface area contributed by atoms with Crippen molar-refractivity contribution in [2.45, 2.75) is 32.7 Å². The van der Waals surface area contributed by atoms with E-state index in [1.807, 2.05) is 51.2 Å². The topological polar surface area (TPSA) is 100 Å². The SMILES string of the molecule is Cn1c(C(C)(C)C)nc(C(=O)NCc2cccc3cc[nH]c23)c(O)c1=O. The number of hydrogen-bond acceptors (Lipinski definition) is 4. The van der Waals surface area contributed by atoms with Gasteiger partial charge in [-0.2, -0.15) is 0 Å². The molecule has 2 aromatic heterocycles. The van der Waals surface area contributed by atoms with E-state index in [1.54, 1.807) is 0 Å². The van der Waals surface area contributed by atoms with Crippen molar-refractivity contribution in [1.29, 1.82) is 0 Å². The van der Waals surface area contributed by atoms with E-state index in [1.165, 1.54) is 11.6 Å². The molecule has 7 nitrogen and oxygen atoms in total. The summed E-state index contributed by atoms with van der Waals surface area (Å²) < 4.78 is 1.27. The van der Waals surface area contributed by atoms with Crippen molar-refractivity contribution in [2.24, 2.45) is 7.05 Å². The van der Waals surface area contributed by atoms with Crippen LogP contribution in [0.5, 0.6) is 5.75 Å². The molecule has 0 aliphatic heterocycles. The van der Waals surface area contributed by atoms with Gasteiger partial charge in [0.2, 0.25) is 5.75 Å². The molecule has 3 aromatic rings. The van der Waals surface area contributed by atoms with Crippen molar-refractivity contribution < 1.29 is 9.90 Å². The average Bonchev–Trinajstić information content (AvgIpc) is 3.06. The summed E-state index contributed by atoms with van der Waals surface area (Å²) in [6.45, 7) is 5.91. The zero-order valence-electron chi connectivity index (χ0n) is 15.3. The third-order valence-corrected chi connectivity index (χ3v) is 4.27. The van der Waals surface area contributed by atoms with Gasteiger partial charge in [-0.3, -0.25) is 14.2 Å². The number of hydrogen-bond donors (Lipinski definition) is 3. The number of fused-ring (bicyclic) bond motifs is 1. The molecule has 0 spiro atoms. The van der Waals surface area contributed by atoms with Gasteiger partial charge in [0.15, 0.2) is 5.69 Å². The zero-order chi connectivity index (χ0) is 19.1. The van der Waals surface area contributed by atoms with Crippen LogP contribution in [0.25, 0.3) is 10.9 Å². The third kappa shape index (κ3) is 3.08. The molecule has 0 aliphatic rings. The summed E-state index contributed by atoms with van der Waals surface area (Å²) in [6, 6.07) is 7.73. The standard InChI is InChI=1S/C19H22N4O3/c1-19(2,3)18-22-14(15(24)17(26)23(18)4)16(25)21-10-12-7-5-6-11-8-9-20-13(11)12/h5-9,20,24H,10H2,1-4H3,(H,21,25). The number of nitrogens with zero attached hydrogens (tertiary/aromatic N) is 2. The Morgan fingerprint density at radius 3 is 2.73 bits per heavy atom. The van der Waals surface area contributed by atoms with Gasteiger partial charge in [-0.05, 0) is 17.0 Å². The molecule has 7 heteroatoms. The maximum absolute atomic E-state index is 12.6. The fraction of sp³-hybridized carbons (Fsp3) is 0.316. The Kier molecular flexibility index (Phi) is 4.31. The first-order valence-electron chi connectivity index (χ1n) is 8.34. The quantitative estimate of drug-likeness (QED) is 0.671. The Morgan fingerprint density at radius 1 is 1.31 bits per heavy atom. The molecule has 3 rings (SSSR count). The molecular weight excluding hydrogens is 332 g/mol. The Labute approximate surface area is 150 Å². The first-order chi connectivity index (χ1) is 12.2. The number of H-pyrrole nitrogens is 1. The summed E-state index contributed by atoms with van der Waals surface area (Å²) in [5.41, 5.74) is 0.495. The average molecular weight is 354 g/mol. The van der Waals surface area contributed by atoms with E-state index in [4.69, 9.17) is 0 Å². The van der Waals surface area contributed by atoms with Crippen molar-refractivity contribution in [3.05, 3.63) is 57.9 Å².